The third kappa shape index (κ3) is 5.24. The lowest BCUT2D eigenvalue weighted by Crippen LogP contribution is -2.32. The zero-order valence-corrected chi connectivity index (χ0v) is 13.1. The molecule has 1 N–H and O–H groups in total. The summed E-state index contributed by atoms with van der Waals surface area (Å²) >= 11 is 1.27. The van der Waals surface area contributed by atoms with Gasteiger partial charge in [-0.15, -0.1) is 0 Å². The molecule has 0 unspecified atom stereocenters. The summed E-state index contributed by atoms with van der Waals surface area (Å²) in [5.74, 6) is -0.769. The number of aryl methyl sites for hydroxylation is 1. The van der Waals surface area contributed by atoms with Crippen LogP contribution < -0.4 is 0 Å². The Hall–Kier alpha value is -1.01. The Labute approximate surface area is 119 Å². The number of carbonyl (C=O) groups is 1. The number of thioether (sulfide) groups is 1. The van der Waals surface area contributed by atoms with Gasteiger partial charge in [-0.05, 0) is 26.4 Å². The Kier molecular flexibility index (Phi) is 5.43. The van der Waals surface area contributed by atoms with Crippen molar-refractivity contribution in [2.75, 3.05) is 26.4 Å². The maximum Gasteiger partial charge on any atom is 0.313 e. The summed E-state index contributed by atoms with van der Waals surface area (Å²) in [7, 11) is 4.12. The highest BCUT2D eigenvalue weighted by molar-refractivity contribution is 7.99. The Morgan fingerprint density at radius 2 is 2.16 bits per heavy atom. The van der Waals surface area contributed by atoms with E-state index in [1.165, 1.54) is 11.8 Å². The highest BCUT2D eigenvalue weighted by Crippen LogP contribution is 2.25. The first kappa shape index (κ1) is 16.0. The van der Waals surface area contributed by atoms with Crippen molar-refractivity contribution < 1.29 is 9.90 Å². The molecule has 0 amide bonds. The number of hydrogen-bond donors (Lipinski definition) is 1. The van der Waals surface area contributed by atoms with E-state index >= 15 is 0 Å². The topological polar surface area (TPSA) is 58.4 Å². The molecule has 0 saturated heterocycles. The minimum absolute atomic E-state index is 0.0462. The highest BCUT2D eigenvalue weighted by Gasteiger charge is 2.22. The zero-order valence-electron chi connectivity index (χ0n) is 12.3. The van der Waals surface area contributed by atoms with E-state index in [9.17, 15) is 4.79 Å². The molecule has 0 aromatic carbocycles. The zero-order chi connectivity index (χ0) is 14.6. The quantitative estimate of drug-likeness (QED) is 0.776. The van der Waals surface area contributed by atoms with Crippen molar-refractivity contribution in [3.05, 3.63) is 11.9 Å². The van der Waals surface area contributed by atoms with Crippen LogP contribution in [0.3, 0.4) is 0 Å². The predicted molar refractivity (Wildman–Crippen MR) is 77.7 cm³/mol. The second-order valence-electron chi connectivity index (χ2n) is 5.85. The van der Waals surface area contributed by atoms with Gasteiger partial charge in [-0.2, -0.15) is 0 Å². The monoisotopic (exact) mass is 285 g/mol. The van der Waals surface area contributed by atoms with E-state index in [1.54, 1.807) is 6.20 Å². The molecule has 0 saturated carbocycles. The van der Waals surface area contributed by atoms with Gasteiger partial charge in [0.1, 0.15) is 0 Å². The van der Waals surface area contributed by atoms with Gasteiger partial charge in [0.25, 0.3) is 0 Å². The molecule has 0 fully saturated rings. The van der Waals surface area contributed by atoms with Crippen molar-refractivity contribution in [1.29, 1.82) is 0 Å². The third-order valence-corrected chi connectivity index (χ3v) is 3.65. The van der Waals surface area contributed by atoms with E-state index in [-0.39, 0.29) is 11.2 Å². The summed E-state index contributed by atoms with van der Waals surface area (Å²) in [4.78, 5) is 17.1. The lowest BCUT2D eigenvalue weighted by atomic mass is 9.93. The van der Waals surface area contributed by atoms with Crippen LogP contribution in [-0.2, 0) is 11.3 Å². The summed E-state index contributed by atoms with van der Waals surface area (Å²) in [6.45, 7) is 8.21. The van der Waals surface area contributed by atoms with E-state index in [4.69, 9.17) is 5.11 Å². The first-order valence-corrected chi connectivity index (χ1v) is 7.21. The van der Waals surface area contributed by atoms with Crippen molar-refractivity contribution in [1.82, 2.24) is 14.5 Å². The molecule has 0 atom stereocenters. The molecule has 0 radical (unpaired) electrons. The third-order valence-electron chi connectivity index (χ3n) is 2.67. The number of carboxylic acids is 1. The van der Waals surface area contributed by atoms with E-state index in [0.29, 0.717) is 0 Å². The Balaban J connectivity index is 2.81. The van der Waals surface area contributed by atoms with Crippen LogP contribution in [0.1, 0.15) is 19.5 Å². The van der Waals surface area contributed by atoms with Gasteiger partial charge >= 0.3 is 5.97 Å². The van der Waals surface area contributed by atoms with Crippen LogP contribution in [0.2, 0.25) is 0 Å². The molecule has 1 rings (SSSR count). The number of hydrogen-bond acceptors (Lipinski definition) is 4. The van der Waals surface area contributed by atoms with Gasteiger partial charge in [0.15, 0.2) is 5.16 Å². The second-order valence-corrected chi connectivity index (χ2v) is 6.80. The molecular formula is C13H23N3O2S. The van der Waals surface area contributed by atoms with Crippen LogP contribution in [0.4, 0.5) is 0 Å². The molecule has 0 aliphatic heterocycles. The minimum Gasteiger partial charge on any atom is -0.481 e. The fourth-order valence-corrected chi connectivity index (χ4v) is 2.95. The largest absolute Gasteiger partial charge is 0.481 e. The molecule has 0 bridgehead atoms. The summed E-state index contributed by atoms with van der Waals surface area (Å²) in [5, 5.41) is 9.54. The first-order valence-electron chi connectivity index (χ1n) is 6.23. The fourth-order valence-electron chi connectivity index (χ4n) is 2.21. The van der Waals surface area contributed by atoms with Crippen molar-refractivity contribution in [2.24, 2.45) is 5.41 Å². The molecule has 6 heteroatoms. The number of nitrogens with zero attached hydrogens (tertiary/aromatic N) is 3. The number of rotatable bonds is 7. The van der Waals surface area contributed by atoms with Crippen molar-refractivity contribution >= 4 is 17.7 Å². The fraction of sp³-hybridized carbons (Fsp3) is 0.692. The lowest BCUT2D eigenvalue weighted by molar-refractivity contribution is -0.133. The van der Waals surface area contributed by atoms with Crippen molar-refractivity contribution in [2.45, 2.75) is 32.5 Å². The highest BCUT2D eigenvalue weighted by atomic mass is 32.2. The number of carboxylic acid groups (broad SMARTS) is 1. The molecule has 1 aromatic heterocycles. The molecule has 1 heterocycles. The van der Waals surface area contributed by atoms with Gasteiger partial charge < -0.3 is 14.6 Å². The van der Waals surface area contributed by atoms with Gasteiger partial charge in [0, 0.05) is 25.0 Å². The van der Waals surface area contributed by atoms with Gasteiger partial charge in [-0.25, -0.2) is 4.98 Å². The van der Waals surface area contributed by atoms with E-state index < -0.39 is 5.97 Å². The van der Waals surface area contributed by atoms with Gasteiger partial charge in [-0.3, -0.25) is 4.79 Å². The number of aromatic nitrogens is 2. The van der Waals surface area contributed by atoms with Gasteiger partial charge in [-0.1, -0.05) is 25.6 Å². The van der Waals surface area contributed by atoms with Crippen LogP contribution in [0.25, 0.3) is 0 Å². The van der Waals surface area contributed by atoms with Crippen LogP contribution >= 0.6 is 11.8 Å². The molecule has 0 spiro atoms. The maximum absolute atomic E-state index is 10.7. The summed E-state index contributed by atoms with van der Waals surface area (Å²) in [5.41, 5.74) is 1.17. The standard InChI is InChI=1S/C13H23N3O2S/c1-10-6-14-12(19-7-11(17)18)16(10)9-13(2,3)8-15(4)5/h6H,7-9H2,1-5H3,(H,17,18). The van der Waals surface area contributed by atoms with Crippen LogP contribution in [0, 0.1) is 12.3 Å². The summed E-state index contributed by atoms with van der Waals surface area (Å²) in [6, 6.07) is 0. The van der Waals surface area contributed by atoms with Crippen molar-refractivity contribution in [3.8, 4) is 0 Å². The van der Waals surface area contributed by atoms with Crippen LogP contribution in [0.5, 0.6) is 0 Å². The SMILES string of the molecule is Cc1cnc(SCC(=O)O)n1CC(C)(C)CN(C)C. The van der Waals surface area contributed by atoms with Crippen LogP contribution in [-0.4, -0.2) is 51.9 Å². The van der Waals surface area contributed by atoms with Gasteiger partial charge in [0.05, 0.1) is 5.75 Å². The average molecular weight is 285 g/mol. The average Bonchev–Trinajstić information content (AvgIpc) is 2.55. The molecule has 1 aromatic rings. The maximum atomic E-state index is 10.7. The molecule has 5 nitrogen and oxygen atoms in total. The Bertz CT molecular complexity index is 441. The molecule has 0 aliphatic rings. The summed E-state index contributed by atoms with van der Waals surface area (Å²) in [6.07, 6.45) is 1.80. The smallest absolute Gasteiger partial charge is 0.313 e. The summed E-state index contributed by atoms with van der Waals surface area (Å²) < 4.78 is 2.11. The van der Waals surface area contributed by atoms with E-state index in [0.717, 1.165) is 23.9 Å². The molecular weight excluding hydrogens is 262 g/mol. The van der Waals surface area contributed by atoms with Crippen LogP contribution in [0.15, 0.2) is 11.4 Å². The molecule has 108 valence electrons. The Morgan fingerprint density at radius 3 is 2.68 bits per heavy atom. The normalized spacial score (nSPS) is 12.1. The lowest BCUT2D eigenvalue weighted by Gasteiger charge is -2.29. The van der Waals surface area contributed by atoms with E-state index in [1.807, 2.05) is 6.92 Å². The number of imidazole rings is 1. The van der Waals surface area contributed by atoms with Gasteiger partial charge in [0.2, 0.25) is 0 Å². The number of aliphatic carboxylic acids is 1. The Morgan fingerprint density at radius 1 is 1.53 bits per heavy atom. The first-order chi connectivity index (χ1) is 8.71. The second kappa shape index (κ2) is 6.43. The molecule has 19 heavy (non-hydrogen) atoms. The van der Waals surface area contributed by atoms with Crippen molar-refractivity contribution in [3.63, 3.8) is 0 Å². The van der Waals surface area contributed by atoms with E-state index in [2.05, 4.69) is 42.4 Å². The minimum atomic E-state index is -0.815. The predicted octanol–water partition coefficient (Wildman–Crippen LogP) is 1.96. The molecule has 0 aliphatic carbocycles.